The zero-order valence-corrected chi connectivity index (χ0v) is 12.0. The molecule has 0 radical (unpaired) electrons. The lowest BCUT2D eigenvalue weighted by Gasteiger charge is -2.16. The first-order chi connectivity index (χ1) is 9.16. The van der Waals surface area contributed by atoms with Crippen LogP contribution in [0.1, 0.15) is 37.8 Å². The summed E-state index contributed by atoms with van der Waals surface area (Å²) >= 11 is 6.12. The van der Waals surface area contributed by atoms with Crippen molar-refractivity contribution >= 4 is 17.5 Å². The third-order valence-electron chi connectivity index (χ3n) is 3.69. The third kappa shape index (κ3) is 4.22. The van der Waals surface area contributed by atoms with E-state index in [0.717, 1.165) is 25.1 Å². The molecule has 0 aliphatic carbocycles. The van der Waals surface area contributed by atoms with Crippen molar-refractivity contribution in [3.05, 3.63) is 34.9 Å². The lowest BCUT2D eigenvalue weighted by Crippen LogP contribution is -2.27. The molecule has 0 aromatic heterocycles. The predicted octanol–water partition coefficient (Wildman–Crippen LogP) is 2.91. The van der Waals surface area contributed by atoms with E-state index in [1.165, 1.54) is 6.42 Å². The van der Waals surface area contributed by atoms with Gasteiger partial charge in [0.15, 0.2) is 0 Å². The Labute approximate surface area is 119 Å². The Bertz CT molecular complexity index is 430. The molecule has 1 heterocycles. The van der Waals surface area contributed by atoms with Gasteiger partial charge in [0.05, 0.1) is 6.04 Å². The molecule has 4 heteroatoms. The minimum Gasteiger partial charge on any atom is -0.350 e. The van der Waals surface area contributed by atoms with Gasteiger partial charge in [0.2, 0.25) is 5.91 Å². The maximum atomic E-state index is 11.9. The van der Waals surface area contributed by atoms with Crippen LogP contribution >= 0.6 is 11.6 Å². The van der Waals surface area contributed by atoms with E-state index in [1.807, 2.05) is 31.2 Å². The summed E-state index contributed by atoms with van der Waals surface area (Å²) < 4.78 is 0. The van der Waals surface area contributed by atoms with Crippen LogP contribution in [0.3, 0.4) is 0 Å². The van der Waals surface area contributed by atoms with Crippen LogP contribution in [0.25, 0.3) is 0 Å². The Morgan fingerprint density at radius 3 is 3.00 bits per heavy atom. The van der Waals surface area contributed by atoms with Gasteiger partial charge in [0, 0.05) is 11.4 Å². The van der Waals surface area contributed by atoms with Gasteiger partial charge in [-0.15, -0.1) is 0 Å². The smallest absolute Gasteiger partial charge is 0.220 e. The van der Waals surface area contributed by atoms with Crippen molar-refractivity contribution in [3.63, 3.8) is 0 Å². The predicted molar refractivity (Wildman–Crippen MR) is 78.2 cm³/mol. The Hall–Kier alpha value is -1.06. The molecule has 3 nitrogen and oxygen atoms in total. The fourth-order valence-corrected chi connectivity index (χ4v) is 2.81. The first kappa shape index (κ1) is 14.4. The van der Waals surface area contributed by atoms with Gasteiger partial charge in [-0.2, -0.15) is 0 Å². The summed E-state index contributed by atoms with van der Waals surface area (Å²) in [6, 6.07) is 7.60. The summed E-state index contributed by atoms with van der Waals surface area (Å²) in [4.78, 5) is 11.9. The van der Waals surface area contributed by atoms with Gasteiger partial charge >= 0.3 is 0 Å². The average molecular weight is 281 g/mol. The van der Waals surface area contributed by atoms with Crippen LogP contribution in [-0.4, -0.2) is 19.0 Å². The minimum absolute atomic E-state index is 0.0390. The third-order valence-corrected chi connectivity index (χ3v) is 4.04. The molecule has 1 aliphatic rings. The first-order valence-corrected chi connectivity index (χ1v) is 7.29. The molecule has 0 saturated carbocycles. The summed E-state index contributed by atoms with van der Waals surface area (Å²) in [6.07, 6.45) is 2.75. The lowest BCUT2D eigenvalue weighted by molar-refractivity contribution is -0.122. The van der Waals surface area contributed by atoms with Crippen LogP contribution in [-0.2, 0) is 4.79 Å². The lowest BCUT2D eigenvalue weighted by atomic mass is 10.0. The molecule has 1 saturated heterocycles. The summed E-state index contributed by atoms with van der Waals surface area (Å²) in [5.74, 6) is 0.765. The number of benzene rings is 1. The van der Waals surface area contributed by atoms with E-state index in [1.54, 1.807) is 0 Å². The monoisotopic (exact) mass is 280 g/mol. The molecule has 0 bridgehead atoms. The molecular weight excluding hydrogens is 260 g/mol. The number of carbonyl (C=O) groups excluding carboxylic acids is 1. The van der Waals surface area contributed by atoms with Gasteiger partial charge in [0.25, 0.3) is 0 Å². The van der Waals surface area contributed by atoms with Gasteiger partial charge in [0.1, 0.15) is 0 Å². The Morgan fingerprint density at radius 1 is 1.53 bits per heavy atom. The SMILES string of the molecule is C[C@@H](NC(=O)CCC1CCNC1)c1ccccc1Cl. The van der Waals surface area contributed by atoms with Crippen LogP contribution in [0, 0.1) is 5.92 Å². The molecule has 1 fully saturated rings. The van der Waals surface area contributed by atoms with E-state index in [0.29, 0.717) is 17.4 Å². The normalized spacial score (nSPS) is 20.2. The van der Waals surface area contributed by atoms with Gasteiger partial charge in [-0.1, -0.05) is 29.8 Å². The molecule has 2 rings (SSSR count). The van der Waals surface area contributed by atoms with Crippen LogP contribution in [0.4, 0.5) is 0 Å². The van der Waals surface area contributed by atoms with Crippen molar-refractivity contribution in [2.75, 3.05) is 13.1 Å². The van der Waals surface area contributed by atoms with Crippen LogP contribution in [0.15, 0.2) is 24.3 Å². The largest absolute Gasteiger partial charge is 0.350 e. The van der Waals surface area contributed by atoms with E-state index in [9.17, 15) is 4.79 Å². The van der Waals surface area contributed by atoms with Crippen molar-refractivity contribution < 1.29 is 4.79 Å². The first-order valence-electron chi connectivity index (χ1n) is 6.91. The highest BCUT2D eigenvalue weighted by Gasteiger charge is 2.17. The highest BCUT2D eigenvalue weighted by atomic mass is 35.5. The zero-order valence-electron chi connectivity index (χ0n) is 11.3. The van der Waals surface area contributed by atoms with E-state index >= 15 is 0 Å². The van der Waals surface area contributed by atoms with E-state index < -0.39 is 0 Å². The fraction of sp³-hybridized carbons (Fsp3) is 0.533. The number of hydrogen-bond acceptors (Lipinski definition) is 2. The summed E-state index contributed by atoms with van der Waals surface area (Å²) in [5.41, 5.74) is 0.972. The van der Waals surface area contributed by atoms with Gasteiger partial charge < -0.3 is 10.6 Å². The molecule has 0 spiro atoms. The maximum Gasteiger partial charge on any atom is 0.220 e. The van der Waals surface area contributed by atoms with Crippen LogP contribution in [0.2, 0.25) is 5.02 Å². The second-order valence-electron chi connectivity index (χ2n) is 5.21. The summed E-state index contributed by atoms with van der Waals surface area (Å²) in [5, 5.41) is 7.04. The molecule has 1 unspecified atom stereocenters. The number of amides is 1. The van der Waals surface area contributed by atoms with Gasteiger partial charge in [-0.05, 0) is 50.4 Å². The highest BCUT2D eigenvalue weighted by Crippen LogP contribution is 2.22. The molecule has 104 valence electrons. The average Bonchev–Trinajstić information content (AvgIpc) is 2.90. The molecule has 2 atom stereocenters. The molecule has 1 aromatic carbocycles. The van der Waals surface area contributed by atoms with Crippen LogP contribution in [0.5, 0.6) is 0 Å². The molecule has 1 aliphatic heterocycles. The van der Waals surface area contributed by atoms with E-state index in [-0.39, 0.29) is 11.9 Å². The molecule has 1 aromatic rings. The number of nitrogens with one attached hydrogen (secondary N) is 2. The van der Waals surface area contributed by atoms with E-state index in [2.05, 4.69) is 10.6 Å². The zero-order chi connectivity index (χ0) is 13.7. The minimum atomic E-state index is -0.0390. The number of rotatable bonds is 5. The number of halogens is 1. The summed E-state index contributed by atoms with van der Waals surface area (Å²) in [7, 11) is 0. The van der Waals surface area contributed by atoms with Gasteiger partial charge in [-0.3, -0.25) is 4.79 Å². The van der Waals surface area contributed by atoms with Crippen molar-refractivity contribution in [2.24, 2.45) is 5.92 Å². The molecule has 19 heavy (non-hydrogen) atoms. The standard InChI is InChI=1S/C15H21ClN2O/c1-11(13-4-2-3-5-14(13)16)18-15(19)7-6-12-8-9-17-10-12/h2-5,11-12,17H,6-10H2,1H3,(H,18,19)/t11-,12?/m1/s1. The maximum absolute atomic E-state index is 11.9. The van der Waals surface area contributed by atoms with Crippen molar-refractivity contribution in [2.45, 2.75) is 32.2 Å². The van der Waals surface area contributed by atoms with Gasteiger partial charge in [-0.25, -0.2) is 0 Å². The molecule has 1 amide bonds. The topological polar surface area (TPSA) is 41.1 Å². The quantitative estimate of drug-likeness (QED) is 0.871. The molecule has 2 N–H and O–H groups in total. The van der Waals surface area contributed by atoms with Crippen molar-refractivity contribution in [1.82, 2.24) is 10.6 Å². The van der Waals surface area contributed by atoms with Crippen molar-refractivity contribution in [3.8, 4) is 0 Å². The number of hydrogen-bond donors (Lipinski definition) is 2. The summed E-state index contributed by atoms with van der Waals surface area (Å²) in [6.45, 7) is 4.10. The fourth-order valence-electron chi connectivity index (χ4n) is 2.51. The second kappa shape index (κ2) is 6.92. The number of carbonyl (C=O) groups is 1. The van der Waals surface area contributed by atoms with E-state index in [4.69, 9.17) is 11.6 Å². The van der Waals surface area contributed by atoms with Crippen molar-refractivity contribution in [1.29, 1.82) is 0 Å². The Balaban J connectivity index is 1.79. The Kier molecular flexibility index (Phi) is 5.23. The molecular formula is C15H21ClN2O. The highest BCUT2D eigenvalue weighted by molar-refractivity contribution is 6.31. The van der Waals surface area contributed by atoms with Crippen LogP contribution < -0.4 is 10.6 Å². The Morgan fingerprint density at radius 2 is 2.32 bits per heavy atom. The second-order valence-corrected chi connectivity index (χ2v) is 5.62.